The predicted octanol–water partition coefficient (Wildman–Crippen LogP) is 4.01. The van der Waals surface area contributed by atoms with Gasteiger partial charge in [-0.05, 0) is 36.8 Å². The summed E-state index contributed by atoms with van der Waals surface area (Å²) < 4.78 is 7.43. The van der Waals surface area contributed by atoms with E-state index in [0.717, 1.165) is 49.1 Å². The van der Waals surface area contributed by atoms with Crippen LogP contribution in [0.3, 0.4) is 0 Å². The molecular formula is C25H29N5O2S. The largest absolute Gasteiger partial charge is 0.378 e. The van der Waals surface area contributed by atoms with Crippen LogP contribution in [0.4, 0.5) is 11.4 Å². The van der Waals surface area contributed by atoms with Crippen molar-refractivity contribution in [3.05, 3.63) is 78.6 Å². The van der Waals surface area contributed by atoms with Crippen LogP contribution >= 0.6 is 11.8 Å². The standard InChI is InChI=1S/C25H29N5O2S/c1-3-13-30-23(18-20-7-5-4-6-8-20)27-28-25(30)33-19(2)24(31)26-21-9-11-22(12-10-21)29-14-16-32-17-15-29/h3-12,19H,1,13-18H2,2H3,(H,26,31). The van der Waals surface area contributed by atoms with Gasteiger partial charge >= 0.3 is 0 Å². The first-order valence-electron chi connectivity index (χ1n) is 11.1. The van der Waals surface area contributed by atoms with Crippen molar-refractivity contribution in [1.82, 2.24) is 14.8 Å². The van der Waals surface area contributed by atoms with Gasteiger partial charge in [0.25, 0.3) is 0 Å². The summed E-state index contributed by atoms with van der Waals surface area (Å²) >= 11 is 1.40. The molecule has 33 heavy (non-hydrogen) atoms. The number of hydrogen-bond donors (Lipinski definition) is 1. The van der Waals surface area contributed by atoms with Crippen LogP contribution in [-0.4, -0.2) is 52.2 Å². The normalized spacial score (nSPS) is 14.6. The number of carbonyl (C=O) groups is 1. The Kier molecular flexibility index (Phi) is 7.80. The molecule has 0 radical (unpaired) electrons. The van der Waals surface area contributed by atoms with Crippen LogP contribution in [-0.2, 0) is 22.5 Å². The van der Waals surface area contributed by atoms with Gasteiger partial charge in [0.1, 0.15) is 5.82 Å². The first-order valence-corrected chi connectivity index (χ1v) is 12.0. The van der Waals surface area contributed by atoms with Crippen LogP contribution in [0.1, 0.15) is 18.3 Å². The second kappa shape index (κ2) is 11.2. The van der Waals surface area contributed by atoms with Gasteiger partial charge in [-0.2, -0.15) is 0 Å². The first-order chi connectivity index (χ1) is 16.1. The number of nitrogens with zero attached hydrogens (tertiary/aromatic N) is 4. The van der Waals surface area contributed by atoms with Gasteiger partial charge in [0.05, 0.1) is 18.5 Å². The number of rotatable bonds is 9. The van der Waals surface area contributed by atoms with Gasteiger partial charge in [0.15, 0.2) is 5.16 Å². The molecule has 1 saturated heterocycles. The van der Waals surface area contributed by atoms with Crippen molar-refractivity contribution >= 4 is 29.0 Å². The van der Waals surface area contributed by atoms with Crippen molar-refractivity contribution in [2.24, 2.45) is 0 Å². The molecule has 1 aliphatic rings. The molecule has 2 heterocycles. The number of thioether (sulfide) groups is 1. The fourth-order valence-corrected chi connectivity index (χ4v) is 4.54. The number of amides is 1. The molecule has 172 valence electrons. The minimum absolute atomic E-state index is 0.0723. The third-order valence-corrected chi connectivity index (χ3v) is 6.55. The number of anilines is 2. The number of morpholine rings is 1. The fraction of sp³-hybridized carbons (Fsp3) is 0.320. The summed E-state index contributed by atoms with van der Waals surface area (Å²) in [6.45, 7) is 9.60. The van der Waals surface area contributed by atoms with Crippen LogP contribution in [0.25, 0.3) is 0 Å². The fourth-order valence-electron chi connectivity index (χ4n) is 3.66. The second-order valence-electron chi connectivity index (χ2n) is 7.86. The Morgan fingerprint density at radius 2 is 1.88 bits per heavy atom. The van der Waals surface area contributed by atoms with E-state index < -0.39 is 0 Å². The molecule has 1 unspecified atom stereocenters. The Bertz CT molecular complexity index is 1060. The summed E-state index contributed by atoms with van der Waals surface area (Å²) in [6.07, 6.45) is 2.50. The molecule has 0 spiro atoms. The average molecular weight is 464 g/mol. The molecule has 7 nitrogen and oxygen atoms in total. The van der Waals surface area contributed by atoms with E-state index in [1.165, 1.54) is 11.8 Å². The summed E-state index contributed by atoms with van der Waals surface area (Å²) in [5.74, 6) is 0.784. The number of aromatic nitrogens is 3. The maximum Gasteiger partial charge on any atom is 0.237 e. The molecule has 8 heteroatoms. The minimum Gasteiger partial charge on any atom is -0.378 e. The Morgan fingerprint density at radius 3 is 2.58 bits per heavy atom. The number of nitrogens with one attached hydrogen (secondary N) is 1. The van der Waals surface area contributed by atoms with E-state index in [4.69, 9.17) is 4.74 Å². The topological polar surface area (TPSA) is 72.3 Å². The van der Waals surface area contributed by atoms with Crippen LogP contribution in [0, 0.1) is 0 Å². The van der Waals surface area contributed by atoms with E-state index >= 15 is 0 Å². The van der Waals surface area contributed by atoms with Gasteiger partial charge < -0.3 is 19.5 Å². The van der Waals surface area contributed by atoms with E-state index in [0.29, 0.717) is 18.1 Å². The molecule has 4 rings (SSSR count). The van der Waals surface area contributed by atoms with Gasteiger partial charge in [-0.25, -0.2) is 0 Å². The quantitative estimate of drug-likeness (QED) is 0.382. The number of allylic oxidation sites excluding steroid dienone is 1. The lowest BCUT2D eigenvalue weighted by Gasteiger charge is -2.28. The lowest BCUT2D eigenvalue weighted by Crippen LogP contribution is -2.36. The highest BCUT2D eigenvalue weighted by molar-refractivity contribution is 8.00. The molecule has 1 aromatic heterocycles. The molecule has 3 aromatic rings. The molecule has 1 aliphatic heterocycles. The van der Waals surface area contributed by atoms with Crippen molar-refractivity contribution in [2.45, 2.75) is 30.3 Å². The number of carbonyl (C=O) groups excluding carboxylic acids is 1. The second-order valence-corrected chi connectivity index (χ2v) is 9.16. The summed E-state index contributed by atoms with van der Waals surface area (Å²) in [5.41, 5.74) is 3.09. The third-order valence-electron chi connectivity index (χ3n) is 5.47. The van der Waals surface area contributed by atoms with Crippen LogP contribution in [0.15, 0.2) is 72.4 Å². The SMILES string of the molecule is C=CCn1c(Cc2ccccc2)nnc1SC(C)C(=O)Nc1ccc(N2CCOCC2)cc1. The highest BCUT2D eigenvalue weighted by atomic mass is 32.2. The number of hydrogen-bond acceptors (Lipinski definition) is 6. The van der Waals surface area contributed by atoms with Crippen molar-refractivity contribution in [3.63, 3.8) is 0 Å². The van der Waals surface area contributed by atoms with E-state index in [2.05, 4.69) is 39.1 Å². The van der Waals surface area contributed by atoms with E-state index in [1.807, 2.05) is 60.0 Å². The number of benzene rings is 2. The highest BCUT2D eigenvalue weighted by Crippen LogP contribution is 2.25. The zero-order valence-electron chi connectivity index (χ0n) is 18.8. The molecule has 1 amide bonds. The third kappa shape index (κ3) is 6.03. The Labute approximate surface area is 198 Å². The van der Waals surface area contributed by atoms with Crippen molar-refractivity contribution in [3.8, 4) is 0 Å². The maximum atomic E-state index is 12.8. The molecule has 0 saturated carbocycles. The summed E-state index contributed by atoms with van der Waals surface area (Å²) in [5, 5.41) is 12.1. The van der Waals surface area contributed by atoms with Gasteiger partial charge in [-0.3, -0.25) is 4.79 Å². The minimum atomic E-state index is -0.332. The molecular weight excluding hydrogens is 434 g/mol. The predicted molar refractivity (Wildman–Crippen MR) is 133 cm³/mol. The molecule has 2 aromatic carbocycles. The van der Waals surface area contributed by atoms with Gasteiger partial charge in [-0.15, -0.1) is 16.8 Å². The lowest BCUT2D eigenvalue weighted by molar-refractivity contribution is -0.115. The Hall–Kier alpha value is -3.10. The summed E-state index contributed by atoms with van der Waals surface area (Å²) in [4.78, 5) is 15.1. The van der Waals surface area contributed by atoms with E-state index in [1.54, 1.807) is 0 Å². The smallest absolute Gasteiger partial charge is 0.237 e. The highest BCUT2D eigenvalue weighted by Gasteiger charge is 2.20. The maximum absolute atomic E-state index is 12.8. The monoisotopic (exact) mass is 463 g/mol. The molecule has 1 N–H and O–H groups in total. The summed E-state index contributed by atoms with van der Waals surface area (Å²) in [6, 6.07) is 18.1. The van der Waals surface area contributed by atoms with E-state index in [-0.39, 0.29) is 11.2 Å². The molecule has 1 fully saturated rings. The van der Waals surface area contributed by atoms with Crippen molar-refractivity contribution in [2.75, 3.05) is 36.5 Å². The van der Waals surface area contributed by atoms with E-state index in [9.17, 15) is 4.79 Å². The average Bonchev–Trinajstić information content (AvgIpc) is 3.21. The molecule has 0 bridgehead atoms. The van der Waals surface area contributed by atoms with Crippen molar-refractivity contribution < 1.29 is 9.53 Å². The van der Waals surface area contributed by atoms with Crippen LogP contribution in [0.5, 0.6) is 0 Å². The van der Waals surface area contributed by atoms with Gasteiger partial charge in [-0.1, -0.05) is 48.2 Å². The molecule has 1 atom stereocenters. The number of ether oxygens (including phenoxy) is 1. The molecule has 0 aliphatic carbocycles. The van der Waals surface area contributed by atoms with Crippen molar-refractivity contribution in [1.29, 1.82) is 0 Å². The van der Waals surface area contributed by atoms with Gasteiger partial charge in [0.2, 0.25) is 5.91 Å². The Morgan fingerprint density at radius 1 is 1.15 bits per heavy atom. The van der Waals surface area contributed by atoms with Crippen LogP contribution in [0.2, 0.25) is 0 Å². The van der Waals surface area contributed by atoms with Crippen LogP contribution < -0.4 is 10.2 Å². The lowest BCUT2D eigenvalue weighted by atomic mass is 10.1. The first kappa shape index (κ1) is 23.1. The zero-order chi connectivity index (χ0) is 23.0. The zero-order valence-corrected chi connectivity index (χ0v) is 19.6. The summed E-state index contributed by atoms with van der Waals surface area (Å²) in [7, 11) is 0. The van der Waals surface area contributed by atoms with Gasteiger partial charge in [0, 0.05) is 37.4 Å². The Balaban J connectivity index is 1.38.